The fourth-order valence-electron chi connectivity index (χ4n) is 0.950. The minimum Gasteiger partial charge on any atom is -0.390 e. The van der Waals surface area contributed by atoms with E-state index in [1.54, 1.807) is 10.9 Å². The largest absolute Gasteiger partial charge is 0.390 e. The summed E-state index contributed by atoms with van der Waals surface area (Å²) in [6.45, 7) is 2.82. The lowest BCUT2D eigenvalue weighted by atomic mass is 10.4. The molecule has 62 valence electrons. The van der Waals surface area contributed by atoms with Crippen LogP contribution in [0.3, 0.4) is 0 Å². The molecule has 0 aliphatic heterocycles. The highest BCUT2D eigenvalue weighted by atomic mass is 35.5. The molecule has 0 atom stereocenters. The molecule has 0 bridgehead atoms. The van der Waals surface area contributed by atoms with Crippen molar-refractivity contribution in [2.45, 2.75) is 26.5 Å². The van der Waals surface area contributed by atoms with Gasteiger partial charge in [0.1, 0.15) is 0 Å². The molecule has 0 fully saturated rings. The monoisotopic (exact) mass is 174 g/mol. The van der Waals surface area contributed by atoms with Crippen LogP contribution in [-0.4, -0.2) is 14.9 Å². The van der Waals surface area contributed by atoms with Crippen molar-refractivity contribution >= 4 is 11.6 Å². The molecule has 1 N–H and O–H groups in total. The lowest BCUT2D eigenvalue weighted by Crippen LogP contribution is -2.04. The zero-order valence-electron chi connectivity index (χ0n) is 6.42. The van der Waals surface area contributed by atoms with E-state index in [0.717, 1.165) is 13.0 Å². The third-order valence-corrected chi connectivity index (χ3v) is 1.80. The highest BCUT2D eigenvalue weighted by Crippen LogP contribution is 2.14. The van der Waals surface area contributed by atoms with Crippen molar-refractivity contribution in [3.05, 3.63) is 16.9 Å². The molecule has 0 aliphatic carbocycles. The molecule has 0 saturated carbocycles. The fraction of sp³-hybridized carbons (Fsp3) is 0.571. The van der Waals surface area contributed by atoms with Gasteiger partial charge in [-0.15, -0.1) is 0 Å². The standard InChI is InChI=1S/C7H11ClN2O/c1-2-3-10-7(5-11)6(8)4-9-10/h4,11H,2-3,5H2,1H3. The number of aliphatic hydroxyl groups is 1. The summed E-state index contributed by atoms with van der Waals surface area (Å²) in [5.74, 6) is 0. The predicted molar refractivity (Wildman–Crippen MR) is 43.5 cm³/mol. The van der Waals surface area contributed by atoms with Crippen molar-refractivity contribution in [2.75, 3.05) is 0 Å². The Hall–Kier alpha value is -0.540. The Morgan fingerprint density at radius 1 is 1.73 bits per heavy atom. The summed E-state index contributed by atoms with van der Waals surface area (Å²) in [7, 11) is 0. The molecule has 1 heterocycles. The Morgan fingerprint density at radius 3 is 3.00 bits per heavy atom. The summed E-state index contributed by atoms with van der Waals surface area (Å²) in [5.41, 5.74) is 0.702. The minimum absolute atomic E-state index is 0.0428. The van der Waals surface area contributed by atoms with Crippen LogP contribution in [0.2, 0.25) is 5.02 Å². The van der Waals surface area contributed by atoms with E-state index in [1.807, 2.05) is 0 Å². The maximum Gasteiger partial charge on any atom is 0.0865 e. The van der Waals surface area contributed by atoms with Crippen LogP contribution < -0.4 is 0 Å². The van der Waals surface area contributed by atoms with Crippen molar-refractivity contribution in [1.82, 2.24) is 9.78 Å². The molecular weight excluding hydrogens is 164 g/mol. The molecule has 4 heteroatoms. The van der Waals surface area contributed by atoms with Crippen molar-refractivity contribution in [2.24, 2.45) is 0 Å². The lowest BCUT2D eigenvalue weighted by molar-refractivity contribution is 0.267. The van der Waals surface area contributed by atoms with E-state index >= 15 is 0 Å². The quantitative estimate of drug-likeness (QED) is 0.753. The normalized spacial score (nSPS) is 10.5. The molecule has 0 amide bonds. The summed E-state index contributed by atoms with van der Waals surface area (Å²) in [5, 5.41) is 13.4. The molecule has 1 aromatic rings. The number of aromatic nitrogens is 2. The van der Waals surface area contributed by atoms with E-state index in [2.05, 4.69) is 12.0 Å². The van der Waals surface area contributed by atoms with Gasteiger partial charge in [-0.2, -0.15) is 5.10 Å². The molecule has 0 spiro atoms. The molecule has 0 unspecified atom stereocenters. The van der Waals surface area contributed by atoms with Crippen LogP contribution in [0.1, 0.15) is 19.0 Å². The van der Waals surface area contributed by atoms with Gasteiger partial charge < -0.3 is 5.11 Å². The summed E-state index contributed by atoms with van der Waals surface area (Å²) < 4.78 is 1.72. The Kier molecular flexibility index (Phi) is 2.91. The second-order valence-electron chi connectivity index (χ2n) is 2.32. The molecular formula is C7H11ClN2O. The Balaban J connectivity index is 2.86. The van der Waals surface area contributed by atoms with Crippen LogP contribution in [-0.2, 0) is 13.2 Å². The average molecular weight is 175 g/mol. The van der Waals surface area contributed by atoms with Crippen LogP contribution in [0.25, 0.3) is 0 Å². The number of aryl methyl sites for hydroxylation is 1. The number of nitrogens with zero attached hydrogens (tertiary/aromatic N) is 2. The highest BCUT2D eigenvalue weighted by molar-refractivity contribution is 6.31. The molecule has 0 aromatic carbocycles. The smallest absolute Gasteiger partial charge is 0.0865 e. The summed E-state index contributed by atoms with van der Waals surface area (Å²) >= 11 is 5.74. The van der Waals surface area contributed by atoms with E-state index in [1.165, 1.54) is 0 Å². The van der Waals surface area contributed by atoms with Gasteiger partial charge in [0.25, 0.3) is 0 Å². The van der Waals surface area contributed by atoms with Gasteiger partial charge in [0.15, 0.2) is 0 Å². The third kappa shape index (κ3) is 1.73. The molecule has 11 heavy (non-hydrogen) atoms. The zero-order chi connectivity index (χ0) is 8.27. The maximum absolute atomic E-state index is 8.87. The second-order valence-corrected chi connectivity index (χ2v) is 2.73. The van der Waals surface area contributed by atoms with Gasteiger partial charge in [0.05, 0.1) is 23.5 Å². The maximum atomic E-state index is 8.87. The van der Waals surface area contributed by atoms with Crippen molar-refractivity contribution in [3.63, 3.8) is 0 Å². The van der Waals surface area contributed by atoms with Crippen molar-refractivity contribution in [1.29, 1.82) is 0 Å². The molecule has 0 radical (unpaired) electrons. The van der Waals surface area contributed by atoms with Crippen molar-refractivity contribution in [3.8, 4) is 0 Å². The first-order valence-corrected chi connectivity index (χ1v) is 3.98. The number of rotatable bonds is 3. The van der Waals surface area contributed by atoms with Crippen LogP contribution in [0.4, 0.5) is 0 Å². The average Bonchev–Trinajstić information content (AvgIpc) is 2.33. The summed E-state index contributed by atoms with van der Waals surface area (Å²) in [4.78, 5) is 0. The zero-order valence-corrected chi connectivity index (χ0v) is 7.17. The van der Waals surface area contributed by atoms with E-state index in [-0.39, 0.29) is 6.61 Å². The van der Waals surface area contributed by atoms with E-state index in [4.69, 9.17) is 16.7 Å². The molecule has 0 saturated heterocycles. The Labute approximate surface area is 70.6 Å². The SMILES string of the molecule is CCCn1ncc(Cl)c1CO. The molecule has 1 rings (SSSR count). The first-order valence-electron chi connectivity index (χ1n) is 3.60. The van der Waals surface area contributed by atoms with Gasteiger partial charge in [-0.3, -0.25) is 4.68 Å². The van der Waals surface area contributed by atoms with Crippen molar-refractivity contribution < 1.29 is 5.11 Å². The number of halogens is 1. The van der Waals surface area contributed by atoms with Crippen LogP contribution in [0, 0.1) is 0 Å². The van der Waals surface area contributed by atoms with Gasteiger partial charge in [-0.25, -0.2) is 0 Å². The third-order valence-electron chi connectivity index (χ3n) is 1.48. The second kappa shape index (κ2) is 3.74. The van der Waals surface area contributed by atoms with Gasteiger partial charge in [0.2, 0.25) is 0 Å². The first-order chi connectivity index (χ1) is 5.29. The Morgan fingerprint density at radius 2 is 2.45 bits per heavy atom. The van der Waals surface area contributed by atoms with E-state index in [9.17, 15) is 0 Å². The lowest BCUT2D eigenvalue weighted by Gasteiger charge is -2.02. The number of hydrogen-bond donors (Lipinski definition) is 1. The van der Waals surface area contributed by atoms with Gasteiger partial charge >= 0.3 is 0 Å². The van der Waals surface area contributed by atoms with E-state index < -0.39 is 0 Å². The fourth-order valence-corrected chi connectivity index (χ4v) is 1.15. The highest BCUT2D eigenvalue weighted by Gasteiger charge is 2.05. The number of hydrogen-bond acceptors (Lipinski definition) is 2. The van der Waals surface area contributed by atoms with E-state index in [0.29, 0.717) is 10.7 Å². The van der Waals surface area contributed by atoms with Crippen LogP contribution >= 0.6 is 11.6 Å². The molecule has 0 aliphatic rings. The van der Waals surface area contributed by atoms with Gasteiger partial charge in [0, 0.05) is 6.54 Å². The first kappa shape index (κ1) is 8.56. The predicted octanol–water partition coefficient (Wildman–Crippen LogP) is 1.44. The topological polar surface area (TPSA) is 38.0 Å². The number of aliphatic hydroxyl groups excluding tert-OH is 1. The van der Waals surface area contributed by atoms with Crippen LogP contribution in [0.5, 0.6) is 0 Å². The summed E-state index contributed by atoms with van der Waals surface area (Å²) in [6.07, 6.45) is 2.55. The molecule has 1 aromatic heterocycles. The van der Waals surface area contributed by atoms with Crippen LogP contribution in [0.15, 0.2) is 6.20 Å². The molecule has 3 nitrogen and oxygen atoms in total. The van der Waals surface area contributed by atoms with Gasteiger partial charge in [-0.1, -0.05) is 18.5 Å². The Bertz CT molecular complexity index is 234. The minimum atomic E-state index is -0.0428. The summed E-state index contributed by atoms with van der Waals surface area (Å²) in [6, 6.07) is 0. The van der Waals surface area contributed by atoms with Gasteiger partial charge in [-0.05, 0) is 6.42 Å².